The number of nitrogens with zero attached hydrogens (tertiary/aromatic N) is 3. The van der Waals surface area contributed by atoms with Crippen molar-refractivity contribution >= 4 is 22.8 Å². The summed E-state index contributed by atoms with van der Waals surface area (Å²) < 4.78 is 18.7. The summed E-state index contributed by atoms with van der Waals surface area (Å²) in [4.78, 5) is 28.0. The number of carbonyl (C=O) groups is 2. The van der Waals surface area contributed by atoms with Crippen molar-refractivity contribution in [2.75, 3.05) is 26.4 Å². The maximum atomic E-state index is 14.3. The molecule has 0 radical (unpaired) electrons. The van der Waals surface area contributed by atoms with E-state index in [-0.39, 0.29) is 17.6 Å². The smallest absolute Gasteiger partial charge is 0.250 e. The molecule has 1 aromatic heterocycles. The lowest BCUT2D eigenvalue weighted by Crippen LogP contribution is -2.45. The van der Waals surface area contributed by atoms with Gasteiger partial charge in [-0.3, -0.25) is 9.59 Å². The molecule has 11 heteroatoms. The third-order valence-corrected chi connectivity index (χ3v) is 7.08. The minimum Gasteiger partial charge on any atom is -0.504 e. The van der Waals surface area contributed by atoms with E-state index in [9.17, 15) is 14.7 Å². The molecular weight excluding hydrogens is 538 g/mol. The quantitative estimate of drug-likeness (QED) is 0.234. The number of hydrogen-bond donors (Lipinski definition) is 3. The molecule has 0 spiro atoms. The first-order chi connectivity index (χ1) is 20.5. The molecule has 0 bridgehead atoms. The van der Waals surface area contributed by atoms with E-state index < -0.39 is 23.9 Å². The van der Waals surface area contributed by atoms with Crippen LogP contribution in [0.4, 0.5) is 0 Å². The third-order valence-electron chi connectivity index (χ3n) is 7.08. The number of nitrogens with one attached hydrogen (secondary N) is 2. The van der Waals surface area contributed by atoms with Crippen molar-refractivity contribution in [3.05, 3.63) is 77.9 Å². The van der Waals surface area contributed by atoms with E-state index in [0.29, 0.717) is 54.3 Å². The molecular formula is C31H35N5O6. The maximum Gasteiger partial charge on any atom is 0.250 e. The van der Waals surface area contributed by atoms with Gasteiger partial charge in [-0.05, 0) is 62.6 Å². The number of aromatic nitrogens is 3. The highest BCUT2D eigenvalue weighted by Crippen LogP contribution is 2.33. The number of fused-ring (bicyclic) bond motifs is 1. The largest absolute Gasteiger partial charge is 0.504 e. The maximum absolute atomic E-state index is 14.3. The van der Waals surface area contributed by atoms with Crippen LogP contribution in [-0.4, -0.2) is 64.4 Å². The van der Waals surface area contributed by atoms with E-state index in [1.54, 1.807) is 31.2 Å². The average molecular weight is 574 g/mol. The molecule has 3 atom stereocenters. The number of phenols is 1. The molecule has 11 nitrogen and oxygen atoms in total. The topological polar surface area (TPSA) is 137 Å². The number of para-hydroxylation sites is 2. The minimum atomic E-state index is -1.12. The summed E-state index contributed by atoms with van der Waals surface area (Å²) in [6, 6.07) is 17.0. The second-order valence-corrected chi connectivity index (χ2v) is 9.88. The van der Waals surface area contributed by atoms with Crippen LogP contribution >= 0.6 is 0 Å². The van der Waals surface area contributed by atoms with Gasteiger partial charge in [-0.2, -0.15) is 0 Å². The van der Waals surface area contributed by atoms with Gasteiger partial charge in [0.1, 0.15) is 17.3 Å². The van der Waals surface area contributed by atoms with Gasteiger partial charge in [-0.1, -0.05) is 41.6 Å². The Morgan fingerprint density at radius 2 is 1.79 bits per heavy atom. The van der Waals surface area contributed by atoms with Crippen molar-refractivity contribution in [1.29, 1.82) is 0 Å². The number of benzene rings is 3. The first-order valence-electron chi connectivity index (χ1n) is 14.2. The van der Waals surface area contributed by atoms with Crippen molar-refractivity contribution in [3.63, 3.8) is 0 Å². The van der Waals surface area contributed by atoms with Gasteiger partial charge in [0.25, 0.3) is 5.91 Å². The number of phenolic OH excluding ortho intramolecular Hbond substituents is 1. The first-order valence-corrected chi connectivity index (χ1v) is 14.2. The predicted molar refractivity (Wildman–Crippen MR) is 155 cm³/mol. The SMILES string of the molecule is CCOc1cc([C@H](NC(=O)[C@H](c2ccccc2OCC)n2nnc3ccccc32)C(=O)NC[C@@H]2CCCO2)ccc1O. The van der Waals surface area contributed by atoms with E-state index in [2.05, 4.69) is 20.9 Å². The van der Waals surface area contributed by atoms with Crippen molar-refractivity contribution in [1.82, 2.24) is 25.6 Å². The van der Waals surface area contributed by atoms with Crippen molar-refractivity contribution in [3.8, 4) is 17.2 Å². The summed E-state index contributed by atoms with van der Waals surface area (Å²) in [5, 5.41) is 24.8. The molecule has 1 aliphatic rings. The first kappa shape index (κ1) is 28.9. The van der Waals surface area contributed by atoms with E-state index in [1.165, 1.54) is 10.7 Å². The molecule has 4 aromatic rings. The van der Waals surface area contributed by atoms with Crippen molar-refractivity contribution in [2.45, 2.75) is 44.9 Å². The standard InChI is InChI=1S/C31H35N5O6/c1-3-40-26-14-8-5-11-22(26)29(36-24-13-7-6-12-23(24)34-35-36)31(39)33-28(30(38)32-19-21-10-9-17-42-21)20-15-16-25(37)27(18-20)41-4-2/h5-8,11-16,18,21,28-29,37H,3-4,9-10,17,19H2,1-2H3,(H,32,38)(H,33,39)/t21-,28-,29-/m0/s1. The van der Waals surface area contributed by atoms with Gasteiger partial charge in [0.05, 0.1) is 24.8 Å². The Balaban J connectivity index is 1.54. The summed E-state index contributed by atoms with van der Waals surface area (Å²) in [5.41, 5.74) is 2.27. The number of ether oxygens (including phenoxy) is 3. The zero-order valence-electron chi connectivity index (χ0n) is 23.7. The molecule has 3 aromatic carbocycles. The molecule has 2 heterocycles. The summed E-state index contributed by atoms with van der Waals surface area (Å²) in [5.74, 6) is -0.263. The second kappa shape index (κ2) is 13.3. The summed E-state index contributed by atoms with van der Waals surface area (Å²) >= 11 is 0. The van der Waals surface area contributed by atoms with Gasteiger partial charge in [-0.25, -0.2) is 4.68 Å². The number of amides is 2. The van der Waals surface area contributed by atoms with Gasteiger partial charge in [-0.15, -0.1) is 5.10 Å². The molecule has 1 fully saturated rings. The highest BCUT2D eigenvalue weighted by Gasteiger charge is 2.33. The normalized spacial score (nSPS) is 16.1. The number of aromatic hydroxyl groups is 1. The molecule has 1 aliphatic heterocycles. The van der Waals surface area contributed by atoms with Crippen LogP contribution in [0.2, 0.25) is 0 Å². The molecule has 3 N–H and O–H groups in total. The van der Waals surface area contributed by atoms with Crippen LogP contribution in [0.15, 0.2) is 66.7 Å². The Morgan fingerprint density at radius 3 is 2.57 bits per heavy atom. The monoisotopic (exact) mass is 573 g/mol. The zero-order chi connectivity index (χ0) is 29.5. The lowest BCUT2D eigenvalue weighted by Gasteiger charge is -2.25. The molecule has 0 saturated carbocycles. The Kier molecular flexibility index (Phi) is 9.18. The number of rotatable bonds is 12. The van der Waals surface area contributed by atoms with Crippen LogP contribution in [0.3, 0.4) is 0 Å². The van der Waals surface area contributed by atoms with E-state index in [1.807, 2.05) is 43.3 Å². The van der Waals surface area contributed by atoms with E-state index >= 15 is 0 Å². The van der Waals surface area contributed by atoms with Crippen molar-refractivity contribution in [2.24, 2.45) is 0 Å². The van der Waals surface area contributed by atoms with E-state index in [4.69, 9.17) is 14.2 Å². The van der Waals surface area contributed by atoms with Gasteiger partial charge in [0.2, 0.25) is 5.91 Å². The highest BCUT2D eigenvalue weighted by molar-refractivity contribution is 5.92. The Hall–Kier alpha value is -4.64. The van der Waals surface area contributed by atoms with Gasteiger partial charge in [0.15, 0.2) is 17.5 Å². The van der Waals surface area contributed by atoms with Crippen LogP contribution in [-0.2, 0) is 14.3 Å². The number of hydrogen-bond acceptors (Lipinski definition) is 8. The van der Waals surface area contributed by atoms with Crippen LogP contribution < -0.4 is 20.1 Å². The average Bonchev–Trinajstić information content (AvgIpc) is 3.68. The van der Waals surface area contributed by atoms with Gasteiger partial charge < -0.3 is 30.0 Å². The minimum absolute atomic E-state index is 0.0666. The molecule has 42 heavy (non-hydrogen) atoms. The summed E-state index contributed by atoms with van der Waals surface area (Å²) in [7, 11) is 0. The Labute approximate surface area is 243 Å². The van der Waals surface area contributed by atoms with Crippen LogP contribution in [0.25, 0.3) is 11.0 Å². The van der Waals surface area contributed by atoms with E-state index in [0.717, 1.165) is 12.8 Å². The molecule has 220 valence electrons. The second-order valence-electron chi connectivity index (χ2n) is 9.88. The molecule has 0 aliphatic carbocycles. The fraction of sp³-hybridized carbons (Fsp3) is 0.355. The number of carbonyl (C=O) groups excluding carboxylic acids is 2. The molecule has 2 amide bonds. The Morgan fingerprint density at radius 1 is 1.02 bits per heavy atom. The predicted octanol–water partition coefficient (Wildman–Crippen LogP) is 3.68. The summed E-state index contributed by atoms with van der Waals surface area (Å²) in [6.45, 7) is 5.34. The highest BCUT2D eigenvalue weighted by atomic mass is 16.5. The fourth-order valence-corrected chi connectivity index (χ4v) is 5.08. The molecule has 0 unspecified atom stereocenters. The third kappa shape index (κ3) is 6.31. The fourth-order valence-electron chi connectivity index (χ4n) is 5.08. The van der Waals surface area contributed by atoms with Gasteiger partial charge in [0, 0.05) is 18.7 Å². The Bertz CT molecular complexity index is 1530. The van der Waals surface area contributed by atoms with Crippen LogP contribution in [0, 0.1) is 0 Å². The zero-order valence-corrected chi connectivity index (χ0v) is 23.7. The lowest BCUT2D eigenvalue weighted by molar-refractivity contribution is -0.130. The lowest BCUT2D eigenvalue weighted by atomic mass is 10.0. The summed E-state index contributed by atoms with van der Waals surface area (Å²) in [6.07, 6.45) is 1.69. The van der Waals surface area contributed by atoms with Crippen LogP contribution in [0.1, 0.15) is 49.9 Å². The van der Waals surface area contributed by atoms with Crippen molar-refractivity contribution < 1.29 is 28.9 Å². The van der Waals surface area contributed by atoms with Gasteiger partial charge >= 0.3 is 0 Å². The van der Waals surface area contributed by atoms with Crippen LogP contribution in [0.5, 0.6) is 17.2 Å². The molecule has 5 rings (SSSR count). The molecule has 1 saturated heterocycles.